The van der Waals surface area contributed by atoms with Gasteiger partial charge in [-0.2, -0.15) is 37.9 Å². The van der Waals surface area contributed by atoms with E-state index < -0.39 is 5.66 Å². The summed E-state index contributed by atoms with van der Waals surface area (Å²) in [6.07, 6.45) is 0. The lowest BCUT2D eigenvalue weighted by Gasteiger charge is -2.38. The van der Waals surface area contributed by atoms with Crippen LogP contribution in [-0.4, -0.2) is 67.7 Å². The van der Waals surface area contributed by atoms with Crippen LogP contribution in [0.4, 0.5) is 0 Å². The first kappa shape index (κ1) is 21.9. The summed E-state index contributed by atoms with van der Waals surface area (Å²) in [6, 6.07) is 0. The summed E-state index contributed by atoms with van der Waals surface area (Å²) in [5.74, 6) is 1.98. The van der Waals surface area contributed by atoms with Gasteiger partial charge in [-0.1, -0.05) is 0 Å². The van der Waals surface area contributed by atoms with Crippen LogP contribution in [0.2, 0.25) is 0 Å². The molecule has 0 aromatic heterocycles. The standard InChI is InChI=1S/C13H33N5S3/c1-11(8-19,16-4)6-18-13(14,10-21)7-17-12(2,9-20)5-15-3/h15-21H,5-10,14H2,1-4H3/t11-,12-,13-/m0/s1. The molecule has 0 saturated carbocycles. The average molecular weight is 356 g/mol. The molecular weight excluding hydrogens is 322 g/mol. The zero-order valence-electron chi connectivity index (χ0n) is 13.7. The lowest BCUT2D eigenvalue weighted by molar-refractivity contribution is 0.268. The predicted octanol–water partition coefficient (Wildman–Crippen LogP) is -0.434. The highest BCUT2D eigenvalue weighted by Gasteiger charge is 2.30. The third-order valence-corrected chi connectivity index (χ3v) is 5.77. The highest BCUT2D eigenvalue weighted by atomic mass is 32.1. The molecule has 0 rings (SSSR count). The number of nitrogens with two attached hydrogens (primary N) is 1. The molecule has 5 nitrogen and oxygen atoms in total. The minimum Gasteiger partial charge on any atom is -0.318 e. The highest BCUT2D eigenvalue weighted by Crippen LogP contribution is 2.09. The summed E-state index contributed by atoms with van der Waals surface area (Å²) in [5, 5.41) is 13.3. The van der Waals surface area contributed by atoms with Crippen LogP contribution in [0.3, 0.4) is 0 Å². The third kappa shape index (κ3) is 7.78. The summed E-state index contributed by atoms with van der Waals surface area (Å²) < 4.78 is 0. The van der Waals surface area contributed by atoms with Crippen molar-refractivity contribution in [3.8, 4) is 0 Å². The minimum absolute atomic E-state index is 0.103. The Morgan fingerprint density at radius 3 is 1.76 bits per heavy atom. The molecule has 0 fully saturated rings. The van der Waals surface area contributed by atoms with Crippen LogP contribution in [0, 0.1) is 0 Å². The van der Waals surface area contributed by atoms with Gasteiger partial charge in [0, 0.05) is 48.0 Å². The zero-order chi connectivity index (χ0) is 16.6. The fraction of sp³-hybridized carbons (Fsp3) is 1.00. The Morgan fingerprint density at radius 2 is 1.38 bits per heavy atom. The average Bonchev–Trinajstić information content (AvgIpc) is 2.51. The quantitative estimate of drug-likeness (QED) is 0.180. The molecule has 8 heteroatoms. The predicted molar refractivity (Wildman–Crippen MR) is 104 cm³/mol. The molecule has 0 heterocycles. The molecule has 0 spiro atoms. The van der Waals surface area contributed by atoms with Crippen LogP contribution < -0.4 is 27.0 Å². The summed E-state index contributed by atoms with van der Waals surface area (Å²) in [4.78, 5) is 0. The Balaban J connectivity index is 4.59. The van der Waals surface area contributed by atoms with E-state index in [1.165, 1.54) is 0 Å². The van der Waals surface area contributed by atoms with Gasteiger partial charge in [0.15, 0.2) is 0 Å². The van der Waals surface area contributed by atoms with E-state index in [1.807, 2.05) is 14.1 Å². The van der Waals surface area contributed by atoms with Crippen molar-refractivity contribution in [1.29, 1.82) is 0 Å². The van der Waals surface area contributed by atoms with Crippen LogP contribution in [0.5, 0.6) is 0 Å². The van der Waals surface area contributed by atoms with Gasteiger partial charge in [-0.15, -0.1) is 0 Å². The number of rotatable bonds is 12. The van der Waals surface area contributed by atoms with Crippen molar-refractivity contribution in [2.45, 2.75) is 30.6 Å². The maximum absolute atomic E-state index is 6.42. The molecule has 0 unspecified atom stereocenters. The second-order valence-electron chi connectivity index (χ2n) is 6.24. The van der Waals surface area contributed by atoms with Crippen molar-refractivity contribution in [3.63, 3.8) is 0 Å². The molecule has 0 aromatic carbocycles. The Labute approximate surface area is 146 Å². The first-order valence-electron chi connectivity index (χ1n) is 7.17. The summed E-state index contributed by atoms with van der Waals surface area (Å²) in [5.41, 5.74) is 5.63. The molecule has 21 heavy (non-hydrogen) atoms. The zero-order valence-corrected chi connectivity index (χ0v) is 16.3. The molecule has 3 atom stereocenters. The van der Waals surface area contributed by atoms with Crippen LogP contribution in [0.25, 0.3) is 0 Å². The van der Waals surface area contributed by atoms with Gasteiger partial charge >= 0.3 is 0 Å². The van der Waals surface area contributed by atoms with Crippen molar-refractivity contribution in [3.05, 3.63) is 0 Å². The molecule has 0 aromatic rings. The monoisotopic (exact) mass is 355 g/mol. The molecule has 0 aliphatic heterocycles. The van der Waals surface area contributed by atoms with E-state index in [4.69, 9.17) is 5.73 Å². The molecule has 0 aliphatic rings. The second-order valence-corrected chi connectivity index (χ2v) is 7.19. The van der Waals surface area contributed by atoms with Crippen LogP contribution in [-0.2, 0) is 0 Å². The maximum Gasteiger partial charge on any atom is 0.0881 e. The molecule has 0 saturated heterocycles. The van der Waals surface area contributed by atoms with Gasteiger partial charge in [-0.25, -0.2) is 0 Å². The van der Waals surface area contributed by atoms with Crippen molar-refractivity contribution >= 4 is 37.9 Å². The Bertz CT molecular complexity index is 291. The van der Waals surface area contributed by atoms with Crippen LogP contribution in [0.1, 0.15) is 13.8 Å². The molecule has 6 N–H and O–H groups in total. The molecular formula is C13H33N5S3. The summed E-state index contributed by atoms with van der Waals surface area (Å²) >= 11 is 13.2. The topological polar surface area (TPSA) is 74.1 Å². The van der Waals surface area contributed by atoms with Crippen molar-refractivity contribution in [2.75, 3.05) is 51.0 Å². The minimum atomic E-state index is -0.581. The van der Waals surface area contributed by atoms with Gasteiger partial charge in [0.05, 0.1) is 5.66 Å². The SMILES string of the molecule is CNC[C@@](C)(CS)NC[C@@](N)(CS)NC[C@@](C)(CS)NC. The maximum atomic E-state index is 6.42. The van der Waals surface area contributed by atoms with Crippen molar-refractivity contribution < 1.29 is 0 Å². The molecule has 0 radical (unpaired) electrons. The van der Waals surface area contributed by atoms with Crippen molar-refractivity contribution in [1.82, 2.24) is 21.3 Å². The first-order chi connectivity index (χ1) is 9.72. The first-order valence-corrected chi connectivity index (χ1v) is 9.07. The fourth-order valence-corrected chi connectivity index (χ4v) is 2.42. The van der Waals surface area contributed by atoms with Gasteiger partial charge in [0.25, 0.3) is 0 Å². The summed E-state index contributed by atoms with van der Waals surface area (Å²) in [6.45, 7) is 6.39. The van der Waals surface area contributed by atoms with E-state index in [0.717, 1.165) is 24.6 Å². The largest absolute Gasteiger partial charge is 0.318 e. The second kappa shape index (κ2) is 9.87. The van der Waals surface area contributed by atoms with E-state index in [0.29, 0.717) is 12.3 Å². The number of hydrogen-bond donors (Lipinski definition) is 8. The Hall–Kier alpha value is 0.850. The Kier molecular flexibility index (Phi) is 10.3. The van der Waals surface area contributed by atoms with Crippen LogP contribution >= 0.6 is 37.9 Å². The molecule has 128 valence electrons. The fourth-order valence-electron chi connectivity index (χ4n) is 1.70. The molecule has 0 amide bonds. The molecule has 0 bridgehead atoms. The highest BCUT2D eigenvalue weighted by molar-refractivity contribution is 7.80. The van der Waals surface area contributed by atoms with Gasteiger partial charge in [-0.3, -0.25) is 5.32 Å². The third-order valence-electron chi connectivity index (χ3n) is 3.81. The van der Waals surface area contributed by atoms with Gasteiger partial charge < -0.3 is 21.7 Å². The van der Waals surface area contributed by atoms with E-state index in [-0.39, 0.29) is 11.1 Å². The number of thiol groups is 3. The normalized spacial score (nSPS) is 20.6. The number of nitrogens with one attached hydrogen (secondary N) is 4. The van der Waals surface area contributed by atoms with E-state index >= 15 is 0 Å². The van der Waals surface area contributed by atoms with Crippen molar-refractivity contribution in [2.24, 2.45) is 5.73 Å². The lowest BCUT2D eigenvalue weighted by atomic mass is 10.0. The Morgan fingerprint density at radius 1 is 0.810 bits per heavy atom. The van der Waals surface area contributed by atoms with Gasteiger partial charge in [0.1, 0.15) is 0 Å². The van der Waals surface area contributed by atoms with Gasteiger partial charge in [0.2, 0.25) is 0 Å². The lowest BCUT2D eigenvalue weighted by Crippen LogP contribution is -2.68. The van der Waals surface area contributed by atoms with E-state index in [2.05, 4.69) is 73.0 Å². The smallest absolute Gasteiger partial charge is 0.0881 e. The summed E-state index contributed by atoms with van der Waals surface area (Å²) in [7, 11) is 3.86. The number of likely N-dealkylation sites (N-methyl/N-ethyl adjacent to an activating group) is 2. The van der Waals surface area contributed by atoms with Gasteiger partial charge in [-0.05, 0) is 27.9 Å². The van der Waals surface area contributed by atoms with Crippen LogP contribution in [0.15, 0.2) is 0 Å². The van der Waals surface area contributed by atoms with E-state index in [1.54, 1.807) is 0 Å². The number of hydrogen-bond acceptors (Lipinski definition) is 8. The van der Waals surface area contributed by atoms with E-state index in [9.17, 15) is 0 Å². The molecule has 0 aliphatic carbocycles.